The quantitative estimate of drug-likeness (QED) is 0.656. The first-order valence-electron chi connectivity index (χ1n) is 6.34. The van der Waals surface area contributed by atoms with Crippen LogP contribution in [0.2, 0.25) is 0 Å². The van der Waals surface area contributed by atoms with Crippen LogP contribution in [0.5, 0.6) is 0 Å². The van der Waals surface area contributed by atoms with E-state index in [9.17, 15) is 4.79 Å². The Morgan fingerprint density at radius 3 is 3.27 bits per heavy atom. The van der Waals surface area contributed by atoms with Crippen LogP contribution in [0.25, 0.3) is 11.3 Å². The minimum atomic E-state index is -0.344. The second-order valence-corrected chi connectivity index (χ2v) is 8.22. The van der Waals surface area contributed by atoms with Crippen LogP contribution in [0.4, 0.5) is 0 Å². The van der Waals surface area contributed by atoms with Crippen molar-refractivity contribution >= 4 is 51.2 Å². The standard InChI is InChI=1S/C14H8BrN3O2S2/c15-10-4-8-11-9(6-21-14(8)22-10)12(18-17-11)13(19)16-5-7-2-1-3-20-7/h1-5H,6H2,(H,17,18). The highest BCUT2D eigenvalue weighted by atomic mass is 79.9. The monoisotopic (exact) mass is 393 g/mol. The highest BCUT2D eigenvalue weighted by Gasteiger charge is 2.27. The topological polar surface area (TPSA) is 71.2 Å². The van der Waals surface area contributed by atoms with E-state index in [1.165, 1.54) is 16.7 Å². The van der Waals surface area contributed by atoms with E-state index in [1.807, 2.05) is 6.07 Å². The lowest BCUT2D eigenvalue weighted by Crippen LogP contribution is -2.02. The lowest BCUT2D eigenvalue weighted by Gasteiger charge is -2.10. The molecule has 0 aromatic carbocycles. The molecule has 5 nitrogen and oxygen atoms in total. The van der Waals surface area contributed by atoms with Crippen LogP contribution in [-0.4, -0.2) is 22.3 Å². The Labute approximate surface area is 142 Å². The van der Waals surface area contributed by atoms with Gasteiger partial charge in [0.25, 0.3) is 5.91 Å². The SMILES string of the molecule is O=C(N=Cc1ccco1)c1[nH]nc2c1CSc1sc(Br)cc1-2. The number of aromatic nitrogens is 2. The molecule has 1 amide bonds. The van der Waals surface area contributed by atoms with Crippen molar-refractivity contribution in [2.75, 3.05) is 0 Å². The maximum Gasteiger partial charge on any atom is 0.295 e. The van der Waals surface area contributed by atoms with E-state index in [-0.39, 0.29) is 5.91 Å². The van der Waals surface area contributed by atoms with Gasteiger partial charge in [-0.2, -0.15) is 5.10 Å². The second-order valence-electron chi connectivity index (χ2n) is 4.54. The molecule has 0 saturated carbocycles. The number of amides is 1. The Bertz CT molecular complexity index is 880. The summed E-state index contributed by atoms with van der Waals surface area (Å²) in [6.45, 7) is 0. The van der Waals surface area contributed by atoms with Crippen molar-refractivity contribution in [3.8, 4) is 11.3 Å². The first-order valence-corrected chi connectivity index (χ1v) is 8.93. The molecule has 0 radical (unpaired) electrons. The Balaban J connectivity index is 1.68. The predicted octanol–water partition coefficient (Wildman–Crippen LogP) is 4.36. The molecule has 3 aromatic heterocycles. The van der Waals surface area contributed by atoms with E-state index < -0.39 is 0 Å². The number of furan rings is 1. The Morgan fingerprint density at radius 1 is 1.55 bits per heavy atom. The van der Waals surface area contributed by atoms with Crippen molar-refractivity contribution in [1.82, 2.24) is 10.2 Å². The third-order valence-corrected chi connectivity index (χ3v) is 6.16. The first-order chi connectivity index (χ1) is 10.7. The zero-order chi connectivity index (χ0) is 15.1. The fourth-order valence-electron chi connectivity index (χ4n) is 2.21. The van der Waals surface area contributed by atoms with E-state index in [0.29, 0.717) is 17.2 Å². The smallest absolute Gasteiger partial charge is 0.295 e. The third-order valence-electron chi connectivity index (χ3n) is 3.20. The summed E-state index contributed by atoms with van der Waals surface area (Å²) >= 11 is 6.88. The Kier molecular flexibility index (Phi) is 3.51. The molecule has 1 aliphatic heterocycles. The van der Waals surface area contributed by atoms with Gasteiger partial charge in [0.2, 0.25) is 0 Å². The number of hydrogen-bond acceptors (Lipinski definition) is 5. The number of rotatable bonds is 2. The van der Waals surface area contributed by atoms with E-state index >= 15 is 0 Å². The molecule has 0 bridgehead atoms. The Morgan fingerprint density at radius 2 is 2.45 bits per heavy atom. The molecule has 110 valence electrons. The van der Waals surface area contributed by atoms with Crippen molar-refractivity contribution in [2.45, 2.75) is 9.96 Å². The highest BCUT2D eigenvalue weighted by molar-refractivity contribution is 9.11. The zero-order valence-corrected chi connectivity index (χ0v) is 14.2. The summed E-state index contributed by atoms with van der Waals surface area (Å²) < 4.78 is 7.40. The summed E-state index contributed by atoms with van der Waals surface area (Å²) in [5.74, 6) is 0.909. The van der Waals surface area contributed by atoms with Crippen LogP contribution >= 0.6 is 39.0 Å². The molecule has 0 atom stereocenters. The van der Waals surface area contributed by atoms with Crippen LogP contribution in [-0.2, 0) is 5.75 Å². The summed E-state index contributed by atoms with van der Waals surface area (Å²) in [4.78, 5) is 16.2. The molecule has 1 N–H and O–H groups in total. The predicted molar refractivity (Wildman–Crippen MR) is 89.8 cm³/mol. The minimum Gasteiger partial charge on any atom is -0.463 e. The second kappa shape index (κ2) is 5.53. The van der Waals surface area contributed by atoms with Gasteiger partial charge < -0.3 is 4.42 Å². The van der Waals surface area contributed by atoms with E-state index in [2.05, 4.69) is 31.1 Å². The molecule has 4 rings (SSSR count). The van der Waals surface area contributed by atoms with Gasteiger partial charge in [-0.3, -0.25) is 9.89 Å². The molecule has 0 spiro atoms. The number of carbonyl (C=O) groups excluding carboxylic acids is 1. The van der Waals surface area contributed by atoms with Crippen molar-refractivity contribution in [1.29, 1.82) is 0 Å². The summed E-state index contributed by atoms with van der Waals surface area (Å²) in [7, 11) is 0. The molecule has 0 fully saturated rings. The van der Waals surface area contributed by atoms with Gasteiger partial charge in [0.1, 0.15) is 11.5 Å². The molecule has 1 aliphatic rings. The highest BCUT2D eigenvalue weighted by Crippen LogP contribution is 2.47. The lowest BCUT2D eigenvalue weighted by atomic mass is 10.1. The Hall–Kier alpha value is -1.64. The summed E-state index contributed by atoms with van der Waals surface area (Å²) in [6.07, 6.45) is 2.95. The number of fused-ring (bicyclic) bond motifs is 3. The summed E-state index contributed by atoms with van der Waals surface area (Å²) in [5, 5.41) is 7.14. The fraction of sp³-hybridized carbons (Fsp3) is 0.0714. The number of H-pyrrole nitrogens is 1. The molecule has 22 heavy (non-hydrogen) atoms. The van der Waals surface area contributed by atoms with Crippen molar-refractivity contribution in [3.05, 3.63) is 45.3 Å². The van der Waals surface area contributed by atoms with Gasteiger partial charge in [0.15, 0.2) is 0 Å². The average Bonchev–Trinajstić information content (AvgIpc) is 3.22. The first kappa shape index (κ1) is 14.0. The molecular formula is C14H8BrN3O2S2. The third kappa shape index (κ3) is 2.37. The normalized spacial score (nSPS) is 13.3. The van der Waals surface area contributed by atoms with Crippen LogP contribution in [0.15, 0.2) is 41.9 Å². The van der Waals surface area contributed by atoms with E-state index in [0.717, 1.165) is 20.6 Å². The molecule has 3 aromatic rings. The number of thiophene rings is 1. The summed E-state index contributed by atoms with van der Waals surface area (Å²) in [6, 6.07) is 5.52. The molecule has 0 aliphatic carbocycles. The minimum absolute atomic E-state index is 0.344. The van der Waals surface area contributed by atoms with Crippen LogP contribution in [0.3, 0.4) is 0 Å². The fourth-order valence-corrected chi connectivity index (χ4v) is 5.42. The molecule has 8 heteroatoms. The number of aromatic amines is 1. The number of nitrogens with zero attached hydrogens (tertiary/aromatic N) is 2. The number of hydrogen-bond donors (Lipinski definition) is 1. The maximum absolute atomic E-state index is 12.3. The van der Waals surface area contributed by atoms with Crippen molar-refractivity contribution < 1.29 is 9.21 Å². The molecule has 0 saturated heterocycles. The largest absolute Gasteiger partial charge is 0.463 e. The van der Waals surface area contributed by atoms with Crippen molar-refractivity contribution in [2.24, 2.45) is 4.99 Å². The van der Waals surface area contributed by atoms with Gasteiger partial charge in [-0.15, -0.1) is 23.1 Å². The van der Waals surface area contributed by atoms with Crippen LogP contribution < -0.4 is 0 Å². The van der Waals surface area contributed by atoms with E-state index in [4.69, 9.17) is 4.42 Å². The summed E-state index contributed by atoms with van der Waals surface area (Å²) in [5.41, 5.74) is 3.25. The lowest BCUT2D eigenvalue weighted by molar-refractivity contribution is 0.0998. The molecule has 0 unspecified atom stereocenters. The molecular weight excluding hydrogens is 386 g/mol. The van der Waals surface area contributed by atoms with Gasteiger partial charge in [-0.05, 0) is 34.1 Å². The number of aliphatic imine (C=N–C) groups is 1. The number of thioether (sulfide) groups is 1. The van der Waals surface area contributed by atoms with Gasteiger partial charge in [0.05, 0.1) is 26.2 Å². The van der Waals surface area contributed by atoms with Gasteiger partial charge in [-0.25, -0.2) is 4.99 Å². The molecule has 4 heterocycles. The van der Waals surface area contributed by atoms with Gasteiger partial charge in [-0.1, -0.05) is 0 Å². The van der Waals surface area contributed by atoms with Crippen LogP contribution in [0, 0.1) is 0 Å². The number of halogens is 1. The van der Waals surface area contributed by atoms with Crippen molar-refractivity contribution in [3.63, 3.8) is 0 Å². The number of nitrogens with one attached hydrogen (secondary N) is 1. The average molecular weight is 394 g/mol. The maximum atomic E-state index is 12.3. The van der Waals surface area contributed by atoms with Crippen LogP contribution in [0.1, 0.15) is 21.8 Å². The number of carbonyl (C=O) groups is 1. The van der Waals surface area contributed by atoms with Gasteiger partial charge >= 0.3 is 0 Å². The van der Waals surface area contributed by atoms with E-state index in [1.54, 1.807) is 35.2 Å². The van der Waals surface area contributed by atoms with Gasteiger partial charge in [0, 0.05) is 16.9 Å². The zero-order valence-electron chi connectivity index (χ0n) is 11.0.